The second kappa shape index (κ2) is 5.56. The molecule has 2 rings (SSSR count). The minimum atomic E-state index is -0.581. The van der Waals surface area contributed by atoms with Gasteiger partial charge in [0.1, 0.15) is 0 Å². The van der Waals surface area contributed by atoms with Gasteiger partial charge in [0.15, 0.2) is 0 Å². The van der Waals surface area contributed by atoms with Gasteiger partial charge >= 0.3 is 5.37 Å². The fourth-order valence-corrected chi connectivity index (χ4v) is 1.69. The van der Waals surface area contributed by atoms with Crippen molar-refractivity contribution >= 4 is 28.3 Å². The number of para-hydroxylation sites is 1. The number of hydrazine groups is 1. The first-order valence-corrected chi connectivity index (χ1v) is 5.92. The number of nitrogens with one attached hydrogen (secondary N) is 1. The van der Waals surface area contributed by atoms with Gasteiger partial charge in [0.2, 0.25) is 0 Å². The summed E-state index contributed by atoms with van der Waals surface area (Å²) in [4.78, 5) is 11.5. The van der Waals surface area contributed by atoms with Crippen molar-refractivity contribution in [2.75, 3.05) is 10.4 Å². The highest BCUT2D eigenvalue weighted by atomic mass is 35.5. The van der Waals surface area contributed by atoms with E-state index in [4.69, 9.17) is 11.6 Å². The molecule has 0 spiro atoms. The van der Waals surface area contributed by atoms with Crippen LogP contribution in [-0.4, -0.2) is 5.37 Å². The van der Waals surface area contributed by atoms with Crippen LogP contribution in [0.2, 0.25) is 0 Å². The summed E-state index contributed by atoms with van der Waals surface area (Å²) in [7, 11) is 0. The molecule has 0 bridgehead atoms. The lowest BCUT2D eigenvalue weighted by Crippen LogP contribution is -2.32. The highest BCUT2D eigenvalue weighted by molar-refractivity contribution is 6.66. The number of hydrogen-bond donors (Lipinski definition) is 1. The van der Waals surface area contributed by atoms with E-state index in [0.29, 0.717) is 5.69 Å². The summed E-state index contributed by atoms with van der Waals surface area (Å²) < 4.78 is 0. The predicted octanol–water partition coefficient (Wildman–Crippen LogP) is 4.19. The Morgan fingerprint density at radius 3 is 2.22 bits per heavy atom. The molecule has 0 aromatic heterocycles. The first kappa shape index (κ1) is 12.5. The van der Waals surface area contributed by atoms with Gasteiger partial charge in [-0.25, -0.2) is 5.01 Å². The maximum Gasteiger partial charge on any atom is 0.339 e. The molecule has 0 saturated carbocycles. The molecule has 0 aliphatic heterocycles. The van der Waals surface area contributed by atoms with Crippen molar-refractivity contribution in [3.05, 3.63) is 60.2 Å². The van der Waals surface area contributed by atoms with Gasteiger partial charge in [-0.05, 0) is 42.8 Å². The SMILES string of the molecule is Cc1ccc(N(Nc2ccccc2)C(=O)Cl)cc1. The average molecular weight is 261 g/mol. The van der Waals surface area contributed by atoms with Crippen LogP contribution in [0.4, 0.5) is 16.2 Å². The number of nitrogens with zero attached hydrogens (tertiary/aromatic N) is 1. The highest BCUT2D eigenvalue weighted by Crippen LogP contribution is 2.18. The second-order valence-corrected chi connectivity index (χ2v) is 4.23. The molecule has 18 heavy (non-hydrogen) atoms. The lowest BCUT2D eigenvalue weighted by molar-refractivity contribution is 0.265. The molecule has 4 heteroatoms. The van der Waals surface area contributed by atoms with Gasteiger partial charge in [-0.3, -0.25) is 10.2 Å². The van der Waals surface area contributed by atoms with Crippen molar-refractivity contribution in [3.8, 4) is 0 Å². The Labute approximate surface area is 111 Å². The van der Waals surface area contributed by atoms with Crippen LogP contribution in [-0.2, 0) is 0 Å². The van der Waals surface area contributed by atoms with Crippen LogP contribution in [0.1, 0.15) is 5.56 Å². The number of hydrogen-bond acceptors (Lipinski definition) is 2. The summed E-state index contributed by atoms with van der Waals surface area (Å²) in [6.07, 6.45) is 0. The molecular weight excluding hydrogens is 248 g/mol. The summed E-state index contributed by atoms with van der Waals surface area (Å²) in [5.41, 5.74) is 5.59. The van der Waals surface area contributed by atoms with Crippen molar-refractivity contribution in [2.24, 2.45) is 0 Å². The number of benzene rings is 2. The molecule has 1 N–H and O–H groups in total. The van der Waals surface area contributed by atoms with Gasteiger partial charge in [-0.2, -0.15) is 0 Å². The molecule has 0 aliphatic carbocycles. The first-order valence-electron chi connectivity index (χ1n) is 5.55. The van der Waals surface area contributed by atoms with E-state index in [0.717, 1.165) is 11.3 Å². The van der Waals surface area contributed by atoms with E-state index in [2.05, 4.69) is 5.43 Å². The Bertz CT molecular complexity index is 525. The Hall–Kier alpha value is -2.00. The minimum Gasteiger partial charge on any atom is -0.290 e. The lowest BCUT2D eigenvalue weighted by atomic mass is 10.2. The number of aryl methyl sites for hydroxylation is 1. The van der Waals surface area contributed by atoms with Gasteiger partial charge in [0.25, 0.3) is 0 Å². The zero-order valence-corrected chi connectivity index (χ0v) is 10.7. The molecule has 1 amide bonds. The van der Waals surface area contributed by atoms with E-state index >= 15 is 0 Å². The van der Waals surface area contributed by atoms with E-state index in [1.54, 1.807) is 0 Å². The summed E-state index contributed by atoms with van der Waals surface area (Å²) >= 11 is 5.59. The van der Waals surface area contributed by atoms with Crippen molar-refractivity contribution in [3.63, 3.8) is 0 Å². The molecule has 0 heterocycles. The molecule has 3 nitrogen and oxygen atoms in total. The minimum absolute atomic E-state index is 0.581. The summed E-state index contributed by atoms with van der Waals surface area (Å²) in [6.45, 7) is 1.99. The van der Waals surface area contributed by atoms with Crippen LogP contribution in [0.5, 0.6) is 0 Å². The monoisotopic (exact) mass is 260 g/mol. The van der Waals surface area contributed by atoms with Crippen LogP contribution in [0.15, 0.2) is 54.6 Å². The third-order valence-electron chi connectivity index (χ3n) is 2.48. The largest absolute Gasteiger partial charge is 0.339 e. The van der Waals surface area contributed by atoms with Gasteiger partial charge in [0, 0.05) is 0 Å². The van der Waals surface area contributed by atoms with E-state index in [9.17, 15) is 4.79 Å². The number of amides is 1. The molecular formula is C14H13ClN2O. The van der Waals surface area contributed by atoms with E-state index in [1.165, 1.54) is 5.01 Å². The van der Waals surface area contributed by atoms with Crippen LogP contribution in [0, 0.1) is 6.92 Å². The van der Waals surface area contributed by atoms with Crippen LogP contribution in [0.3, 0.4) is 0 Å². The fourth-order valence-electron chi connectivity index (χ4n) is 1.55. The lowest BCUT2D eigenvalue weighted by Gasteiger charge is -2.21. The maximum absolute atomic E-state index is 11.5. The maximum atomic E-state index is 11.5. The van der Waals surface area contributed by atoms with Crippen LogP contribution >= 0.6 is 11.6 Å². The molecule has 0 aliphatic rings. The molecule has 2 aromatic carbocycles. The number of rotatable bonds is 3. The molecule has 0 radical (unpaired) electrons. The summed E-state index contributed by atoms with van der Waals surface area (Å²) in [5.74, 6) is 0. The van der Waals surface area contributed by atoms with Crippen molar-refractivity contribution < 1.29 is 4.79 Å². The number of carbonyl (C=O) groups excluding carboxylic acids is 1. The van der Waals surface area contributed by atoms with E-state index in [-0.39, 0.29) is 0 Å². The number of halogens is 1. The Kier molecular flexibility index (Phi) is 3.85. The zero-order valence-electron chi connectivity index (χ0n) is 9.93. The van der Waals surface area contributed by atoms with Crippen LogP contribution in [0.25, 0.3) is 0 Å². The quantitative estimate of drug-likeness (QED) is 0.510. The standard InChI is InChI=1S/C14H13ClN2O/c1-11-7-9-13(10-8-11)17(14(15)18)16-12-5-3-2-4-6-12/h2-10,16H,1H3. The third kappa shape index (κ3) is 3.02. The summed E-state index contributed by atoms with van der Waals surface area (Å²) in [5, 5.41) is 0.721. The van der Waals surface area contributed by atoms with Gasteiger partial charge < -0.3 is 0 Å². The fraction of sp³-hybridized carbons (Fsp3) is 0.0714. The van der Waals surface area contributed by atoms with Gasteiger partial charge in [-0.15, -0.1) is 0 Å². The van der Waals surface area contributed by atoms with Crippen molar-refractivity contribution in [1.82, 2.24) is 0 Å². The Balaban J connectivity index is 2.24. The highest BCUT2D eigenvalue weighted by Gasteiger charge is 2.12. The van der Waals surface area contributed by atoms with Crippen molar-refractivity contribution in [2.45, 2.75) is 6.92 Å². The third-order valence-corrected chi connectivity index (χ3v) is 2.65. The first-order chi connectivity index (χ1) is 8.66. The smallest absolute Gasteiger partial charge is 0.290 e. The molecule has 0 atom stereocenters. The molecule has 0 fully saturated rings. The molecule has 2 aromatic rings. The topological polar surface area (TPSA) is 32.3 Å². The van der Waals surface area contributed by atoms with Gasteiger partial charge in [-0.1, -0.05) is 35.9 Å². The molecule has 0 saturated heterocycles. The van der Waals surface area contributed by atoms with E-state index < -0.39 is 5.37 Å². The predicted molar refractivity (Wildman–Crippen MR) is 75.0 cm³/mol. The average Bonchev–Trinajstić information content (AvgIpc) is 2.38. The van der Waals surface area contributed by atoms with Gasteiger partial charge in [0.05, 0.1) is 11.4 Å². The second-order valence-electron chi connectivity index (χ2n) is 3.90. The Morgan fingerprint density at radius 2 is 1.67 bits per heavy atom. The van der Waals surface area contributed by atoms with Crippen LogP contribution < -0.4 is 10.4 Å². The Morgan fingerprint density at radius 1 is 1.06 bits per heavy atom. The van der Waals surface area contributed by atoms with Crippen molar-refractivity contribution in [1.29, 1.82) is 0 Å². The zero-order chi connectivity index (χ0) is 13.0. The number of carbonyl (C=O) groups is 1. The molecule has 92 valence electrons. The summed E-state index contributed by atoms with van der Waals surface area (Å²) in [6, 6.07) is 16.9. The normalized spacial score (nSPS) is 9.89. The van der Waals surface area contributed by atoms with E-state index in [1.807, 2.05) is 61.5 Å². The number of anilines is 2. The molecule has 0 unspecified atom stereocenters.